The highest BCUT2D eigenvalue weighted by Gasteiger charge is 2.07. The molecule has 2 heterocycles. The lowest BCUT2D eigenvalue weighted by molar-refractivity contribution is 0.0921. The summed E-state index contributed by atoms with van der Waals surface area (Å²) in [7, 11) is 0. The molecule has 0 unspecified atom stereocenters. The maximum absolute atomic E-state index is 8.58. The number of aromatic nitrogens is 5. The predicted octanol–water partition coefficient (Wildman–Crippen LogP) is -0.846. The second-order valence-corrected chi connectivity index (χ2v) is 3.99. The van der Waals surface area contributed by atoms with E-state index in [-0.39, 0.29) is 12.6 Å². The van der Waals surface area contributed by atoms with Gasteiger partial charge in [-0.15, -0.1) is 0 Å². The van der Waals surface area contributed by atoms with Crippen LogP contribution in [0.3, 0.4) is 0 Å². The zero-order chi connectivity index (χ0) is 14.9. The van der Waals surface area contributed by atoms with E-state index in [9.17, 15) is 0 Å². The molecule has 0 aliphatic heterocycles. The number of aliphatic hydroxyl groups is 1. The van der Waals surface area contributed by atoms with Gasteiger partial charge in [0, 0.05) is 25.5 Å². The van der Waals surface area contributed by atoms with Crippen LogP contribution in [0, 0.1) is 0 Å². The van der Waals surface area contributed by atoms with Gasteiger partial charge in [-0.3, -0.25) is 5.43 Å². The highest BCUT2D eigenvalue weighted by Crippen LogP contribution is 2.07. The lowest BCUT2D eigenvalue weighted by Crippen LogP contribution is -2.17. The fourth-order valence-corrected chi connectivity index (χ4v) is 1.54. The molecule has 0 fully saturated rings. The molecule has 0 aliphatic carbocycles. The Labute approximate surface area is 121 Å². The Morgan fingerprint density at radius 3 is 2.81 bits per heavy atom. The van der Waals surface area contributed by atoms with E-state index < -0.39 is 0 Å². The first-order valence-electron chi connectivity index (χ1n) is 6.48. The average Bonchev–Trinajstić information content (AvgIpc) is 3.05. The summed E-state index contributed by atoms with van der Waals surface area (Å²) < 4.78 is 6.67. The number of hydrogen-bond acceptors (Lipinski definition) is 9. The highest BCUT2D eigenvalue weighted by molar-refractivity contribution is 5.36. The van der Waals surface area contributed by atoms with E-state index in [1.807, 2.05) is 0 Å². The van der Waals surface area contributed by atoms with Crippen LogP contribution in [0.5, 0.6) is 0 Å². The van der Waals surface area contributed by atoms with Gasteiger partial charge in [-0.2, -0.15) is 20.1 Å². The van der Waals surface area contributed by atoms with E-state index in [0.717, 1.165) is 6.42 Å². The van der Waals surface area contributed by atoms with Crippen molar-refractivity contribution in [1.82, 2.24) is 24.7 Å². The number of nitrogens with one attached hydrogen (secondary N) is 2. The largest absolute Gasteiger partial charge is 0.394 e. The SMILES string of the molecule is NNc1nc(NCCCOCCO)nc(-n2cccn2)n1. The van der Waals surface area contributed by atoms with Crippen LogP contribution in [0.1, 0.15) is 6.42 Å². The van der Waals surface area contributed by atoms with Crippen molar-refractivity contribution in [3.63, 3.8) is 0 Å². The van der Waals surface area contributed by atoms with Crippen molar-refractivity contribution in [2.24, 2.45) is 5.84 Å². The second-order valence-electron chi connectivity index (χ2n) is 3.99. The zero-order valence-electron chi connectivity index (χ0n) is 11.4. The quantitative estimate of drug-likeness (QED) is 0.265. The molecular weight excluding hydrogens is 276 g/mol. The van der Waals surface area contributed by atoms with E-state index in [1.54, 1.807) is 18.5 Å². The molecular formula is C11H18N8O2. The Hall–Kier alpha value is -2.30. The maximum atomic E-state index is 8.58. The molecule has 10 heteroatoms. The third-order valence-electron chi connectivity index (χ3n) is 2.45. The average molecular weight is 294 g/mol. The van der Waals surface area contributed by atoms with Gasteiger partial charge in [-0.05, 0) is 12.5 Å². The number of nitrogen functional groups attached to an aromatic ring is 1. The fourth-order valence-electron chi connectivity index (χ4n) is 1.54. The molecule has 21 heavy (non-hydrogen) atoms. The van der Waals surface area contributed by atoms with Crippen molar-refractivity contribution in [1.29, 1.82) is 0 Å². The summed E-state index contributed by atoms with van der Waals surface area (Å²) in [5.41, 5.74) is 2.39. The van der Waals surface area contributed by atoms with Gasteiger partial charge in [0.05, 0.1) is 13.2 Å². The second kappa shape index (κ2) is 8.09. The van der Waals surface area contributed by atoms with Gasteiger partial charge < -0.3 is 15.2 Å². The molecule has 0 bridgehead atoms. The Morgan fingerprint density at radius 1 is 1.24 bits per heavy atom. The summed E-state index contributed by atoms with van der Waals surface area (Å²) >= 11 is 0. The monoisotopic (exact) mass is 294 g/mol. The van der Waals surface area contributed by atoms with Gasteiger partial charge in [-0.1, -0.05) is 0 Å². The Kier molecular flexibility index (Phi) is 5.82. The minimum atomic E-state index is 0.0274. The van der Waals surface area contributed by atoms with Crippen molar-refractivity contribution in [2.45, 2.75) is 6.42 Å². The number of rotatable bonds is 9. The molecule has 2 aromatic rings. The molecule has 0 atom stereocenters. The van der Waals surface area contributed by atoms with Crippen molar-refractivity contribution in [3.05, 3.63) is 18.5 Å². The van der Waals surface area contributed by atoms with Crippen molar-refractivity contribution in [3.8, 4) is 5.95 Å². The minimum Gasteiger partial charge on any atom is -0.394 e. The van der Waals surface area contributed by atoms with Gasteiger partial charge in [0.25, 0.3) is 5.95 Å². The standard InChI is InChI=1S/C11H18N8O2/c12-18-10-15-9(13-3-2-7-21-8-6-20)16-11(17-10)19-5-1-4-14-19/h1,4-5,20H,2-3,6-8,12H2,(H2,13,15,16,17,18). The van der Waals surface area contributed by atoms with Crippen LogP contribution in [-0.2, 0) is 4.74 Å². The lowest BCUT2D eigenvalue weighted by atomic mass is 10.4. The number of nitrogens with zero attached hydrogens (tertiary/aromatic N) is 5. The van der Waals surface area contributed by atoms with Gasteiger partial charge in [0.15, 0.2) is 0 Å². The van der Waals surface area contributed by atoms with Crippen LogP contribution >= 0.6 is 0 Å². The third-order valence-corrected chi connectivity index (χ3v) is 2.45. The van der Waals surface area contributed by atoms with Gasteiger partial charge in [-0.25, -0.2) is 10.5 Å². The van der Waals surface area contributed by atoms with Crippen LogP contribution in [0.2, 0.25) is 0 Å². The summed E-state index contributed by atoms with van der Waals surface area (Å²) in [6.07, 6.45) is 4.11. The molecule has 0 amide bonds. The molecule has 0 spiro atoms. The number of nitrogens with two attached hydrogens (primary N) is 1. The summed E-state index contributed by atoms with van der Waals surface area (Å²) in [5.74, 6) is 6.35. The number of hydrazine groups is 1. The molecule has 114 valence electrons. The summed E-state index contributed by atoms with van der Waals surface area (Å²) in [6, 6.07) is 1.77. The molecule has 0 saturated carbocycles. The first kappa shape index (κ1) is 15.1. The highest BCUT2D eigenvalue weighted by atomic mass is 16.5. The van der Waals surface area contributed by atoms with Crippen molar-refractivity contribution in [2.75, 3.05) is 37.1 Å². The van der Waals surface area contributed by atoms with E-state index in [4.69, 9.17) is 15.7 Å². The number of ether oxygens (including phenoxy) is 1. The zero-order valence-corrected chi connectivity index (χ0v) is 11.4. The number of aliphatic hydroxyl groups excluding tert-OH is 1. The Balaban J connectivity index is 1.94. The van der Waals surface area contributed by atoms with Crippen LogP contribution in [0.4, 0.5) is 11.9 Å². The van der Waals surface area contributed by atoms with Crippen molar-refractivity contribution >= 4 is 11.9 Å². The first-order chi connectivity index (χ1) is 10.3. The van der Waals surface area contributed by atoms with Gasteiger partial charge >= 0.3 is 0 Å². The first-order valence-corrected chi connectivity index (χ1v) is 6.48. The van der Waals surface area contributed by atoms with E-state index in [1.165, 1.54) is 4.68 Å². The summed E-state index contributed by atoms with van der Waals surface area (Å²) in [4.78, 5) is 12.5. The Bertz CT molecular complexity index is 533. The lowest BCUT2D eigenvalue weighted by Gasteiger charge is -2.08. The van der Waals surface area contributed by atoms with Crippen LogP contribution < -0.4 is 16.6 Å². The predicted molar refractivity (Wildman–Crippen MR) is 75.8 cm³/mol. The Morgan fingerprint density at radius 2 is 2.10 bits per heavy atom. The van der Waals surface area contributed by atoms with E-state index >= 15 is 0 Å². The minimum absolute atomic E-state index is 0.0274. The molecule has 0 aromatic carbocycles. The van der Waals surface area contributed by atoms with Crippen LogP contribution in [-0.4, -0.2) is 56.2 Å². The molecule has 2 aromatic heterocycles. The molecule has 10 nitrogen and oxygen atoms in total. The normalized spacial score (nSPS) is 10.6. The van der Waals surface area contributed by atoms with E-state index in [2.05, 4.69) is 30.8 Å². The van der Waals surface area contributed by atoms with E-state index in [0.29, 0.717) is 31.7 Å². The third kappa shape index (κ3) is 4.63. The number of anilines is 2. The van der Waals surface area contributed by atoms with Crippen LogP contribution in [0.15, 0.2) is 18.5 Å². The molecule has 2 rings (SSSR count). The number of hydrogen-bond donors (Lipinski definition) is 4. The van der Waals surface area contributed by atoms with Crippen molar-refractivity contribution < 1.29 is 9.84 Å². The topological polar surface area (TPSA) is 136 Å². The fraction of sp³-hybridized carbons (Fsp3) is 0.455. The van der Waals surface area contributed by atoms with Gasteiger partial charge in [0.1, 0.15) is 0 Å². The summed E-state index contributed by atoms with van der Waals surface area (Å²) in [5, 5.41) is 15.7. The maximum Gasteiger partial charge on any atom is 0.257 e. The summed E-state index contributed by atoms with van der Waals surface area (Å²) in [6.45, 7) is 1.54. The molecule has 5 N–H and O–H groups in total. The smallest absolute Gasteiger partial charge is 0.257 e. The molecule has 0 aliphatic rings. The van der Waals surface area contributed by atoms with Gasteiger partial charge in [0.2, 0.25) is 11.9 Å². The molecule has 0 saturated heterocycles. The van der Waals surface area contributed by atoms with Crippen LogP contribution in [0.25, 0.3) is 5.95 Å². The molecule has 0 radical (unpaired) electrons.